The maximum absolute atomic E-state index is 12.0. The summed E-state index contributed by atoms with van der Waals surface area (Å²) in [7, 11) is 0. The van der Waals surface area contributed by atoms with Crippen molar-refractivity contribution in [2.45, 2.75) is 12.8 Å². The molecule has 0 atom stereocenters. The van der Waals surface area contributed by atoms with Gasteiger partial charge in [0.15, 0.2) is 16.6 Å². The lowest BCUT2D eigenvalue weighted by molar-refractivity contribution is -0.116. The van der Waals surface area contributed by atoms with Crippen LogP contribution in [0, 0.1) is 0 Å². The Balaban J connectivity index is 1.47. The summed E-state index contributed by atoms with van der Waals surface area (Å²) in [5, 5.41) is 3.41. The molecule has 1 N–H and O–H groups in total. The van der Waals surface area contributed by atoms with Crippen molar-refractivity contribution in [2.75, 3.05) is 18.5 Å². The summed E-state index contributed by atoms with van der Waals surface area (Å²) >= 11 is 1.42. The van der Waals surface area contributed by atoms with Gasteiger partial charge in [-0.1, -0.05) is 11.3 Å². The molecule has 6 nitrogen and oxygen atoms in total. The first kappa shape index (κ1) is 14.1. The summed E-state index contributed by atoms with van der Waals surface area (Å²) < 4.78 is 17.3. The van der Waals surface area contributed by atoms with Crippen LogP contribution < -0.4 is 14.8 Å². The first-order valence-corrected chi connectivity index (χ1v) is 8.12. The predicted molar refractivity (Wildman–Crippen MR) is 86.3 cm³/mol. The Morgan fingerprint density at radius 3 is 2.87 bits per heavy atom. The second kappa shape index (κ2) is 5.92. The third-order valence-corrected chi connectivity index (χ3v) is 4.41. The number of amides is 1. The number of hydrogen-bond acceptors (Lipinski definition) is 6. The fraction of sp³-hybridized carbons (Fsp3) is 0.250. The van der Waals surface area contributed by atoms with E-state index in [-0.39, 0.29) is 5.91 Å². The van der Waals surface area contributed by atoms with Gasteiger partial charge in [-0.05, 0) is 12.1 Å². The summed E-state index contributed by atoms with van der Waals surface area (Å²) in [6.07, 6.45) is 2.53. The van der Waals surface area contributed by atoms with E-state index < -0.39 is 0 Å². The summed E-state index contributed by atoms with van der Waals surface area (Å²) in [6, 6.07) is 7.42. The van der Waals surface area contributed by atoms with Gasteiger partial charge in [0.25, 0.3) is 0 Å². The number of aromatic nitrogens is 1. The molecule has 4 rings (SSSR count). The molecular formula is C16H14N2O4S. The molecule has 0 saturated carbocycles. The number of anilines is 1. The van der Waals surface area contributed by atoms with Crippen LogP contribution in [-0.2, 0) is 11.2 Å². The van der Waals surface area contributed by atoms with E-state index in [0.29, 0.717) is 36.9 Å². The smallest absolute Gasteiger partial charge is 0.226 e. The topological polar surface area (TPSA) is 73.6 Å². The van der Waals surface area contributed by atoms with Crippen LogP contribution in [0.1, 0.15) is 12.2 Å². The van der Waals surface area contributed by atoms with Gasteiger partial charge in [0, 0.05) is 25.0 Å². The minimum Gasteiger partial charge on any atom is -0.486 e. The number of nitrogens with zero attached hydrogens (tertiary/aromatic N) is 1. The van der Waals surface area contributed by atoms with E-state index in [1.165, 1.54) is 11.3 Å². The van der Waals surface area contributed by atoms with Crippen molar-refractivity contribution < 1.29 is 18.7 Å². The fourth-order valence-electron chi connectivity index (χ4n) is 2.39. The minimum absolute atomic E-state index is 0.0854. The van der Waals surface area contributed by atoms with Gasteiger partial charge >= 0.3 is 0 Å². The molecule has 1 aliphatic rings. The van der Waals surface area contributed by atoms with Crippen molar-refractivity contribution in [3.8, 4) is 11.5 Å². The zero-order chi connectivity index (χ0) is 15.6. The highest BCUT2D eigenvalue weighted by molar-refractivity contribution is 7.22. The van der Waals surface area contributed by atoms with Gasteiger partial charge < -0.3 is 19.2 Å². The van der Waals surface area contributed by atoms with Crippen molar-refractivity contribution in [2.24, 2.45) is 0 Å². The number of carbonyl (C=O) groups excluding carboxylic acids is 1. The molecule has 0 fully saturated rings. The van der Waals surface area contributed by atoms with Crippen LogP contribution in [0.4, 0.5) is 5.13 Å². The van der Waals surface area contributed by atoms with E-state index in [1.54, 1.807) is 6.26 Å². The molecule has 0 bridgehead atoms. The van der Waals surface area contributed by atoms with E-state index in [1.807, 2.05) is 24.3 Å². The van der Waals surface area contributed by atoms with Crippen LogP contribution in [0.5, 0.6) is 11.5 Å². The molecular weight excluding hydrogens is 316 g/mol. The van der Waals surface area contributed by atoms with Gasteiger partial charge in [0.2, 0.25) is 5.91 Å². The monoisotopic (exact) mass is 330 g/mol. The number of furan rings is 1. The zero-order valence-corrected chi connectivity index (χ0v) is 13.0. The Kier molecular flexibility index (Phi) is 3.63. The van der Waals surface area contributed by atoms with Crippen LogP contribution in [0.3, 0.4) is 0 Å². The molecule has 0 aliphatic carbocycles. The molecule has 2 aromatic heterocycles. The van der Waals surface area contributed by atoms with Crippen molar-refractivity contribution in [1.29, 1.82) is 0 Å². The largest absolute Gasteiger partial charge is 0.486 e. The summed E-state index contributed by atoms with van der Waals surface area (Å²) in [5.74, 6) is 2.14. The number of aryl methyl sites for hydroxylation is 1. The predicted octanol–water partition coefficient (Wildman–Crippen LogP) is 3.23. The molecule has 0 saturated heterocycles. The van der Waals surface area contributed by atoms with E-state index in [4.69, 9.17) is 13.9 Å². The second-order valence-corrected chi connectivity index (χ2v) is 6.14. The highest BCUT2D eigenvalue weighted by Gasteiger charge is 2.16. The molecule has 23 heavy (non-hydrogen) atoms. The third-order valence-electron chi connectivity index (χ3n) is 3.48. The normalized spacial score (nSPS) is 13.2. The van der Waals surface area contributed by atoms with E-state index in [0.717, 1.165) is 21.7 Å². The first-order chi connectivity index (χ1) is 11.3. The maximum Gasteiger partial charge on any atom is 0.226 e. The highest BCUT2D eigenvalue weighted by Crippen LogP contribution is 2.37. The van der Waals surface area contributed by atoms with Crippen molar-refractivity contribution >= 4 is 32.6 Å². The van der Waals surface area contributed by atoms with Gasteiger partial charge in [-0.2, -0.15) is 0 Å². The number of rotatable bonds is 4. The molecule has 1 aromatic carbocycles. The molecule has 118 valence electrons. The number of benzene rings is 1. The molecule has 3 aromatic rings. The van der Waals surface area contributed by atoms with E-state index >= 15 is 0 Å². The molecule has 1 aliphatic heterocycles. The van der Waals surface area contributed by atoms with Crippen molar-refractivity contribution in [1.82, 2.24) is 4.98 Å². The third kappa shape index (κ3) is 3.00. The fourth-order valence-corrected chi connectivity index (χ4v) is 3.28. The zero-order valence-electron chi connectivity index (χ0n) is 12.2. The van der Waals surface area contributed by atoms with Crippen LogP contribution in [0.25, 0.3) is 10.2 Å². The standard InChI is InChI=1S/C16H14N2O4S/c19-15(4-3-10-2-1-5-20-10)18-16-17-11-8-12-13(9-14(11)23-16)22-7-6-21-12/h1-2,5,8-9H,3-4,6-7H2,(H,17,18,19). The number of ether oxygens (including phenoxy) is 2. The SMILES string of the molecule is O=C(CCc1ccco1)Nc1nc2cc3c(cc2s1)OCCO3. The number of nitrogens with one attached hydrogen (secondary N) is 1. The van der Waals surface area contributed by atoms with E-state index in [2.05, 4.69) is 10.3 Å². The van der Waals surface area contributed by atoms with Gasteiger partial charge in [0.1, 0.15) is 19.0 Å². The Hall–Kier alpha value is -2.54. The van der Waals surface area contributed by atoms with Crippen LogP contribution >= 0.6 is 11.3 Å². The van der Waals surface area contributed by atoms with E-state index in [9.17, 15) is 4.79 Å². The van der Waals surface area contributed by atoms with Crippen molar-refractivity contribution in [3.63, 3.8) is 0 Å². The van der Waals surface area contributed by atoms with Crippen LogP contribution in [0.2, 0.25) is 0 Å². The number of thiazole rings is 1. The average molecular weight is 330 g/mol. The summed E-state index contributed by atoms with van der Waals surface area (Å²) in [6.45, 7) is 1.09. The summed E-state index contributed by atoms with van der Waals surface area (Å²) in [4.78, 5) is 16.4. The van der Waals surface area contributed by atoms with Gasteiger partial charge in [-0.15, -0.1) is 0 Å². The number of carbonyl (C=O) groups is 1. The highest BCUT2D eigenvalue weighted by atomic mass is 32.1. The molecule has 0 radical (unpaired) electrons. The Morgan fingerprint density at radius 1 is 1.26 bits per heavy atom. The van der Waals surface area contributed by atoms with Gasteiger partial charge in [-0.25, -0.2) is 4.98 Å². The Labute approximate surface area is 136 Å². The molecule has 0 spiro atoms. The first-order valence-electron chi connectivity index (χ1n) is 7.30. The lowest BCUT2D eigenvalue weighted by Gasteiger charge is -2.17. The molecule has 7 heteroatoms. The second-order valence-electron chi connectivity index (χ2n) is 5.11. The van der Waals surface area contributed by atoms with Crippen molar-refractivity contribution in [3.05, 3.63) is 36.3 Å². The van der Waals surface area contributed by atoms with Crippen LogP contribution in [-0.4, -0.2) is 24.1 Å². The van der Waals surface area contributed by atoms with Crippen LogP contribution in [0.15, 0.2) is 34.9 Å². The number of fused-ring (bicyclic) bond motifs is 2. The average Bonchev–Trinajstić information content (AvgIpc) is 3.19. The Morgan fingerprint density at radius 2 is 2.09 bits per heavy atom. The lowest BCUT2D eigenvalue weighted by Crippen LogP contribution is -2.15. The molecule has 1 amide bonds. The molecule has 3 heterocycles. The summed E-state index contributed by atoms with van der Waals surface area (Å²) in [5.41, 5.74) is 0.792. The Bertz CT molecular complexity index is 798. The quantitative estimate of drug-likeness (QED) is 0.795. The molecule has 0 unspecified atom stereocenters. The maximum atomic E-state index is 12.0. The van der Waals surface area contributed by atoms with Gasteiger partial charge in [-0.3, -0.25) is 4.79 Å². The minimum atomic E-state index is -0.0854. The number of hydrogen-bond donors (Lipinski definition) is 1. The van der Waals surface area contributed by atoms with Gasteiger partial charge in [0.05, 0.1) is 16.5 Å². The lowest BCUT2D eigenvalue weighted by atomic mass is 10.2.